The number of rotatable bonds is 5. The van der Waals surface area contributed by atoms with Gasteiger partial charge in [-0.15, -0.1) is 0 Å². The largest absolute Gasteiger partial charge is 0.507 e. The maximum atomic E-state index is 12.5. The van der Waals surface area contributed by atoms with Crippen molar-refractivity contribution < 1.29 is 18.6 Å². The number of aryl methyl sites for hydroxylation is 1. The Morgan fingerprint density at radius 2 is 1.95 bits per heavy atom. The van der Waals surface area contributed by atoms with Crippen LogP contribution in [-0.2, 0) is 10.0 Å². The van der Waals surface area contributed by atoms with E-state index >= 15 is 0 Å². The van der Waals surface area contributed by atoms with Crippen LogP contribution in [0.15, 0.2) is 11.0 Å². The number of aliphatic hydroxyl groups is 1. The molecule has 0 radical (unpaired) electrons. The molecule has 5 nitrogen and oxygen atoms in total. The van der Waals surface area contributed by atoms with Crippen LogP contribution in [0.5, 0.6) is 5.75 Å². The van der Waals surface area contributed by atoms with Gasteiger partial charge in [0.15, 0.2) is 0 Å². The summed E-state index contributed by atoms with van der Waals surface area (Å²) in [7, 11) is -2.38. The molecule has 0 fully saturated rings. The van der Waals surface area contributed by atoms with Crippen molar-refractivity contribution in [1.29, 1.82) is 0 Å². The Labute approximate surface area is 124 Å². The van der Waals surface area contributed by atoms with Crippen molar-refractivity contribution in [3.05, 3.63) is 22.2 Å². The lowest BCUT2D eigenvalue weighted by Crippen LogP contribution is -2.30. The van der Waals surface area contributed by atoms with Gasteiger partial charge in [-0.3, -0.25) is 0 Å². The summed E-state index contributed by atoms with van der Waals surface area (Å²) in [6, 6.07) is 1.43. The summed E-state index contributed by atoms with van der Waals surface area (Å²) < 4.78 is 26.1. The predicted molar refractivity (Wildman–Crippen MR) is 78.7 cm³/mol. The summed E-state index contributed by atoms with van der Waals surface area (Å²) in [5.41, 5.74) is 0.761. The van der Waals surface area contributed by atoms with Gasteiger partial charge in [0, 0.05) is 19.2 Å². The molecule has 0 spiro atoms. The van der Waals surface area contributed by atoms with Gasteiger partial charge in [-0.25, -0.2) is 12.7 Å². The van der Waals surface area contributed by atoms with Gasteiger partial charge >= 0.3 is 0 Å². The lowest BCUT2D eigenvalue weighted by molar-refractivity contribution is 0.177. The van der Waals surface area contributed by atoms with Crippen molar-refractivity contribution in [2.75, 3.05) is 13.6 Å². The van der Waals surface area contributed by atoms with Gasteiger partial charge in [-0.1, -0.05) is 11.6 Å². The zero-order valence-corrected chi connectivity index (χ0v) is 13.6. The molecule has 2 N–H and O–H groups in total. The van der Waals surface area contributed by atoms with E-state index in [1.807, 2.05) is 0 Å². The number of phenolic OH excluding ortho intramolecular Hbond substituents is 1. The maximum absolute atomic E-state index is 12.5. The van der Waals surface area contributed by atoms with Gasteiger partial charge in [-0.2, -0.15) is 0 Å². The molecule has 114 valence electrons. The molecule has 1 unspecified atom stereocenters. The van der Waals surface area contributed by atoms with Crippen LogP contribution in [0.2, 0.25) is 5.02 Å². The van der Waals surface area contributed by atoms with E-state index in [4.69, 9.17) is 11.6 Å². The molecule has 20 heavy (non-hydrogen) atoms. The van der Waals surface area contributed by atoms with Gasteiger partial charge in [-0.05, 0) is 38.8 Å². The lowest BCUT2D eigenvalue weighted by atomic mass is 10.1. The monoisotopic (exact) mass is 321 g/mol. The Balaban J connectivity index is 3.26. The fourth-order valence-corrected chi connectivity index (χ4v) is 3.91. The second-order valence-corrected chi connectivity index (χ2v) is 7.33. The van der Waals surface area contributed by atoms with E-state index < -0.39 is 16.1 Å². The zero-order chi connectivity index (χ0) is 15.7. The van der Waals surface area contributed by atoms with E-state index in [9.17, 15) is 18.6 Å². The standard InChI is InChI=1S/C13H20ClNO4S/c1-8-7-11(14)13(10(3)12(8)17)20(18,19)15(4)6-5-9(2)16/h7,9,16-17H,5-6H2,1-4H3. The summed E-state index contributed by atoms with van der Waals surface area (Å²) >= 11 is 6.03. The van der Waals surface area contributed by atoms with Crippen LogP contribution in [0.3, 0.4) is 0 Å². The number of aromatic hydroxyl groups is 1. The number of phenols is 1. The summed E-state index contributed by atoms with van der Waals surface area (Å²) in [6.07, 6.45) is -0.264. The second-order valence-electron chi connectivity index (χ2n) is 4.94. The minimum atomic E-state index is -3.80. The molecule has 7 heteroatoms. The van der Waals surface area contributed by atoms with E-state index in [1.165, 1.54) is 20.0 Å². The van der Waals surface area contributed by atoms with Crippen LogP contribution in [0.25, 0.3) is 0 Å². The molecule has 0 saturated heterocycles. The first-order chi connectivity index (χ1) is 9.09. The molecule has 0 bridgehead atoms. The molecule has 0 aliphatic heterocycles. The van der Waals surface area contributed by atoms with Gasteiger partial charge in [0.1, 0.15) is 10.6 Å². The SMILES string of the molecule is Cc1cc(Cl)c(S(=O)(=O)N(C)CCC(C)O)c(C)c1O. The highest BCUT2D eigenvalue weighted by atomic mass is 35.5. The molecule has 0 amide bonds. The van der Waals surface area contributed by atoms with Crippen molar-refractivity contribution in [3.8, 4) is 5.75 Å². The number of halogens is 1. The third kappa shape index (κ3) is 3.44. The quantitative estimate of drug-likeness (QED) is 0.870. The van der Waals surface area contributed by atoms with Crippen molar-refractivity contribution in [2.24, 2.45) is 0 Å². The Morgan fingerprint density at radius 3 is 2.45 bits per heavy atom. The third-order valence-electron chi connectivity index (χ3n) is 3.16. The smallest absolute Gasteiger partial charge is 0.244 e. The number of aliphatic hydroxyl groups excluding tert-OH is 1. The van der Waals surface area contributed by atoms with Crippen LogP contribution in [-0.4, -0.2) is 42.6 Å². The maximum Gasteiger partial charge on any atom is 0.244 e. The Morgan fingerprint density at radius 1 is 1.40 bits per heavy atom. The molecule has 1 atom stereocenters. The van der Waals surface area contributed by atoms with Crippen LogP contribution in [0, 0.1) is 13.8 Å². The molecular weight excluding hydrogens is 302 g/mol. The van der Waals surface area contributed by atoms with Gasteiger partial charge < -0.3 is 10.2 Å². The van der Waals surface area contributed by atoms with Gasteiger partial charge in [0.25, 0.3) is 0 Å². The summed E-state index contributed by atoms with van der Waals surface area (Å²) in [5, 5.41) is 19.2. The molecule has 0 saturated carbocycles. The molecule has 0 aliphatic rings. The van der Waals surface area contributed by atoms with Crippen molar-refractivity contribution in [2.45, 2.75) is 38.2 Å². The Bertz CT molecular complexity index is 599. The van der Waals surface area contributed by atoms with Crippen LogP contribution in [0.4, 0.5) is 0 Å². The van der Waals surface area contributed by atoms with Gasteiger partial charge in [0.2, 0.25) is 10.0 Å². The first-order valence-corrected chi connectivity index (χ1v) is 8.04. The van der Waals surface area contributed by atoms with E-state index in [0.717, 1.165) is 4.31 Å². The highest BCUT2D eigenvalue weighted by molar-refractivity contribution is 7.89. The first kappa shape index (κ1) is 17.2. The van der Waals surface area contributed by atoms with E-state index in [0.29, 0.717) is 12.0 Å². The average molecular weight is 322 g/mol. The average Bonchev–Trinajstić information content (AvgIpc) is 2.32. The van der Waals surface area contributed by atoms with Crippen LogP contribution in [0.1, 0.15) is 24.5 Å². The fraction of sp³-hybridized carbons (Fsp3) is 0.538. The predicted octanol–water partition coefficient (Wildman–Crippen LogP) is 2.05. The lowest BCUT2D eigenvalue weighted by Gasteiger charge is -2.21. The Hall–Kier alpha value is -0.820. The van der Waals surface area contributed by atoms with Gasteiger partial charge in [0.05, 0.1) is 11.1 Å². The molecule has 0 heterocycles. The molecule has 1 rings (SSSR count). The fourth-order valence-electron chi connectivity index (χ4n) is 1.87. The van der Waals surface area contributed by atoms with Crippen LogP contribution >= 0.6 is 11.6 Å². The number of sulfonamides is 1. The number of hydrogen-bond donors (Lipinski definition) is 2. The van der Waals surface area contributed by atoms with Crippen molar-refractivity contribution >= 4 is 21.6 Å². The highest BCUT2D eigenvalue weighted by Gasteiger charge is 2.27. The van der Waals surface area contributed by atoms with E-state index in [2.05, 4.69) is 0 Å². The minimum Gasteiger partial charge on any atom is -0.507 e. The molecule has 1 aromatic rings. The third-order valence-corrected chi connectivity index (χ3v) is 5.61. The summed E-state index contributed by atoms with van der Waals surface area (Å²) in [4.78, 5) is -0.0876. The Kier molecular flexibility index (Phi) is 5.43. The first-order valence-electron chi connectivity index (χ1n) is 6.22. The molecule has 1 aromatic carbocycles. The van der Waals surface area contributed by atoms with E-state index in [1.54, 1.807) is 13.8 Å². The van der Waals surface area contributed by atoms with Crippen molar-refractivity contribution in [3.63, 3.8) is 0 Å². The van der Waals surface area contributed by atoms with Crippen molar-refractivity contribution in [1.82, 2.24) is 4.31 Å². The summed E-state index contributed by atoms with van der Waals surface area (Å²) in [5.74, 6) is -0.0723. The van der Waals surface area contributed by atoms with E-state index in [-0.39, 0.29) is 27.8 Å². The number of benzene rings is 1. The summed E-state index contributed by atoms with van der Waals surface area (Å²) in [6.45, 7) is 4.94. The topological polar surface area (TPSA) is 77.8 Å². The molecular formula is C13H20ClNO4S. The second kappa shape index (κ2) is 6.30. The minimum absolute atomic E-state index is 0.0723. The van der Waals surface area contributed by atoms with Crippen LogP contribution < -0.4 is 0 Å². The molecule has 0 aliphatic carbocycles. The normalized spacial score (nSPS) is 13.8. The molecule has 0 aromatic heterocycles. The highest BCUT2D eigenvalue weighted by Crippen LogP contribution is 2.35. The number of hydrogen-bond acceptors (Lipinski definition) is 4. The number of nitrogens with zero attached hydrogens (tertiary/aromatic N) is 1. The zero-order valence-electron chi connectivity index (χ0n) is 12.0.